The van der Waals surface area contributed by atoms with Crippen LogP contribution in [-0.2, 0) is 27.8 Å². The molecule has 0 unspecified atom stereocenters. The van der Waals surface area contributed by atoms with E-state index >= 15 is 0 Å². The smallest absolute Gasteiger partial charge is 0.244 e. The van der Waals surface area contributed by atoms with Crippen molar-refractivity contribution >= 4 is 15.9 Å². The number of halogens is 1. The fourth-order valence-corrected chi connectivity index (χ4v) is 5.04. The summed E-state index contributed by atoms with van der Waals surface area (Å²) in [6.45, 7) is 2.56. The van der Waals surface area contributed by atoms with E-state index in [1.54, 1.807) is 17.0 Å². The summed E-state index contributed by atoms with van der Waals surface area (Å²) in [6, 6.07) is 18.5. The lowest BCUT2D eigenvalue weighted by atomic mass is 10.1. The van der Waals surface area contributed by atoms with Crippen LogP contribution in [-0.4, -0.2) is 38.6 Å². The van der Waals surface area contributed by atoms with Gasteiger partial charge in [0.05, 0.1) is 0 Å². The van der Waals surface area contributed by atoms with Crippen molar-refractivity contribution < 1.29 is 27.1 Å². The minimum absolute atomic E-state index is 0.116. The molecule has 0 aromatic heterocycles. The number of likely N-dealkylation sites (N-methyl/N-ethyl adjacent to an activating group) is 1. The van der Waals surface area contributed by atoms with E-state index in [2.05, 4.69) is 4.72 Å². The summed E-state index contributed by atoms with van der Waals surface area (Å²) in [5.74, 6) is -0.0580. The largest absolute Gasteiger partial charge is 0.454 e. The van der Waals surface area contributed by atoms with E-state index in [4.69, 9.17) is 9.47 Å². The second kappa shape index (κ2) is 10.2. The first-order chi connectivity index (χ1) is 16.4. The Morgan fingerprint density at radius 1 is 1.00 bits per heavy atom. The highest BCUT2D eigenvalue weighted by Gasteiger charge is 2.30. The molecule has 4 rings (SSSR count). The fraction of sp³-hybridized carbons (Fsp3) is 0.240. The molecule has 7 nitrogen and oxygen atoms in total. The summed E-state index contributed by atoms with van der Waals surface area (Å²) in [6.07, 6.45) is 0.116. The van der Waals surface area contributed by atoms with Gasteiger partial charge in [-0.25, -0.2) is 12.8 Å². The third-order valence-electron chi connectivity index (χ3n) is 5.51. The molecule has 1 aliphatic heterocycles. The first kappa shape index (κ1) is 23.7. The van der Waals surface area contributed by atoms with Gasteiger partial charge in [0.25, 0.3) is 0 Å². The molecule has 34 heavy (non-hydrogen) atoms. The summed E-state index contributed by atoms with van der Waals surface area (Å²) in [5.41, 5.74) is 1.59. The molecule has 3 aromatic carbocycles. The van der Waals surface area contributed by atoms with Gasteiger partial charge in [-0.05, 0) is 48.7 Å². The maximum atomic E-state index is 14.2. The van der Waals surface area contributed by atoms with E-state index in [9.17, 15) is 17.6 Å². The predicted molar refractivity (Wildman–Crippen MR) is 124 cm³/mol. The van der Waals surface area contributed by atoms with E-state index in [-0.39, 0.29) is 19.8 Å². The molecule has 0 fully saturated rings. The molecule has 0 saturated carbocycles. The van der Waals surface area contributed by atoms with Crippen LogP contribution in [0.25, 0.3) is 0 Å². The Hall–Kier alpha value is -3.43. The number of hydrogen-bond donors (Lipinski definition) is 1. The van der Waals surface area contributed by atoms with Crippen LogP contribution in [0.3, 0.4) is 0 Å². The van der Waals surface area contributed by atoms with Crippen LogP contribution >= 0.6 is 0 Å². The number of amides is 1. The SMILES string of the molecule is CCN(Cc1ccc2c(c1)OCO2)C(=O)[C@H](Cc1ccccc1)NS(=O)(=O)c1ccccc1F. The number of carbonyl (C=O) groups excluding carboxylic acids is 1. The number of ether oxygens (including phenoxy) is 2. The van der Waals surface area contributed by atoms with E-state index in [1.165, 1.54) is 18.2 Å². The van der Waals surface area contributed by atoms with Crippen LogP contribution in [0.1, 0.15) is 18.1 Å². The molecule has 0 bridgehead atoms. The Balaban J connectivity index is 1.60. The van der Waals surface area contributed by atoms with Crippen LogP contribution in [0, 0.1) is 5.82 Å². The van der Waals surface area contributed by atoms with Crippen LogP contribution in [0.15, 0.2) is 77.7 Å². The van der Waals surface area contributed by atoms with Gasteiger partial charge in [0.15, 0.2) is 11.5 Å². The quantitative estimate of drug-likeness (QED) is 0.503. The van der Waals surface area contributed by atoms with Crippen molar-refractivity contribution in [3.8, 4) is 11.5 Å². The highest BCUT2D eigenvalue weighted by Crippen LogP contribution is 2.33. The molecular formula is C25H25FN2O5S. The molecular weight excluding hydrogens is 459 g/mol. The number of sulfonamides is 1. The third-order valence-corrected chi connectivity index (χ3v) is 7.01. The number of fused-ring (bicyclic) bond motifs is 1. The Kier molecular flexibility index (Phi) is 7.14. The van der Waals surface area contributed by atoms with Gasteiger partial charge in [-0.3, -0.25) is 4.79 Å². The average molecular weight is 485 g/mol. The predicted octanol–water partition coefficient (Wildman–Crippen LogP) is 3.49. The third kappa shape index (κ3) is 5.37. The summed E-state index contributed by atoms with van der Waals surface area (Å²) < 4.78 is 53.4. The van der Waals surface area contributed by atoms with Crippen molar-refractivity contribution in [1.29, 1.82) is 0 Å². The summed E-state index contributed by atoms with van der Waals surface area (Å²) in [5, 5.41) is 0. The normalized spacial score (nSPS) is 13.5. The molecule has 0 saturated heterocycles. The first-order valence-electron chi connectivity index (χ1n) is 10.9. The number of rotatable bonds is 9. The van der Waals surface area contributed by atoms with Crippen molar-refractivity contribution in [3.63, 3.8) is 0 Å². The van der Waals surface area contributed by atoms with Gasteiger partial charge in [0, 0.05) is 13.1 Å². The molecule has 0 aliphatic carbocycles. The fourth-order valence-electron chi connectivity index (χ4n) is 3.77. The van der Waals surface area contributed by atoms with Gasteiger partial charge in [-0.2, -0.15) is 4.72 Å². The highest BCUT2D eigenvalue weighted by atomic mass is 32.2. The van der Waals surface area contributed by atoms with Crippen LogP contribution in [0.4, 0.5) is 4.39 Å². The van der Waals surface area contributed by atoms with Crippen molar-refractivity contribution in [2.75, 3.05) is 13.3 Å². The average Bonchev–Trinajstić information content (AvgIpc) is 3.30. The standard InChI is InChI=1S/C25H25FN2O5S/c1-2-28(16-19-12-13-22-23(15-19)33-17-32-22)25(29)21(14-18-8-4-3-5-9-18)27-34(30,31)24-11-7-6-10-20(24)26/h3-13,15,21,27H,2,14,16-17H2,1H3/t21-/m0/s1. The van der Waals surface area contributed by atoms with E-state index < -0.39 is 32.7 Å². The van der Waals surface area contributed by atoms with Crippen LogP contribution in [0.2, 0.25) is 0 Å². The van der Waals surface area contributed by atoms with Crippen LogP contribution < -0.4 is 14.2 Å². The van der Waals surface area contributed by atoms with Gasteiger partial charge >= 0.3 is 0 Å². The number of benzene rings is 3. The zero-order valence-corrected chi connectivity index (χ0v) is 19.4. The molecule has 1 N–H and O–H groups in total. The Morgan fingerprint density at radius 2 is 1.71 bits per heavy atom. The maximum Gasteiger partial charge on any atom is 0.244 e. The molecule has 1 aliphatic rings. The monoisotopic (exact) mass is 484 g/mol. The molecule has 1 heterocycles. The second-order valence-electron chi connectivity index (χ2n) is 7.83. The molecule has 0 radical (unpaired) electrons. The molecule has 9 heteroatoms. The molecule has 1 atom stereocenters. The van der Waals surface area contributed by atoms with Crippen molar-refractivity contribution in [1.82, 2.24) is 9.62 Å². The van der Waals surface area contributed by atoms with Gasteiger partial charge in [0.2, 0.25) is 22.7 Å². The summed E-state index contributed by atoms with van der Waals surface area (Å²) >= 11 is 0. The van der Waals surface area contributed by atoms with Crippen molar-refractivity contribution in [2.45, 2.75) is 30.8 Å². The Morgan fingerprint density at radius 3 is 2.44 bits per heavy atom. The number of hydrogen-bond acceptors (Lipinski definition) is 5. The first-order valence-corrected chi connectivity index (χ1v) is 12.3. The van der Waals surface area contributed by atoms with E-state index in [0.29, 0.717) is 18.0 Å². The zero-order valence-electron chi connectivity index (χ0n) is 18.6. The van der Waals surface area contributed by atoms with Crippen molar-refractivity contribution in [3.05, 3.63) is 89.7 Å². The van der Waals surface area contributed by atoms with Gasteiger partial charge in [-0.1, -0.05) is 48.5 Å². The maximum absolute atomic E-state index is 14.2. The molecule has 178 valence electrons. The highest BCUT2D eigenvalue weighted by molar-refractivity contribution is 7.89. The lowest BCUT2D eigenvalue weighted by Gasteiger charge is -2.27. The minimum Gasteiger partial charge on any atom is -0.454 e. The number of nitrogens with zero attached hydrogens (tertiary/aromatic N) is 1. The summed E-state index contributed by atoms with van der Waals surface area (Å²) in [4.78, 5) is 14.6. The van der Waals surface area contributed by atoms with Crippen molar-refractivity contribution in [2.24, 2.45) is 0 Å². The molecule has 1 amide bonds. The van der Waals surface area contributed by atoms with Gasteiger partial charge < -0.3 is 14.4 Å². The second-order valence-corrected chi connectivity index (χ2v) is 9.52. The number of nitrogens with one attached hydrogen (secondary N) is 1. The Bertz CT molecular complexity index is 1270. The zero-order chi connectivity index (χ0) is 24.1. The van der Waals surface area contributed by atoms with E-state index in [1.807, 2.05) is 43.3 Å². The summed E-state index contributed by atoms with van der Waals surface area (Å²) in [7, 11) is -4.29. The topological polar surface area (TPSA) is 84.9 Å². The lowest BCUT2D eigenvalue weighted by Crippen LogP contribution is -2.49. The van der Waals surface area contributed by atoms with Gasteiger partial charge in [-0.15, -0.1) is 0 Å². The minimum atomic E-state index is -4.29. The van der Waals surface area contributed by atoms with E-state index in [0.717, 1.165) is 17.2 Å². The van der Waals surface area contributed by atoms with Crippen LogP contribution in [0.5, 0.6) is 11.5 Å². The number of carbonyl (C=O) groups is 1. The Labute approximate surface area is 198 Å². The lowest BCUT2D eigenvalue weighted by molar-refractivity contribution is -0.133. The molecule has 3 aromatic rings. The molecule has 0 spiro atoms. The van der Waals surface area contributed by atoms with Gasteiger partial charge in [0.1, 0.15) is 16.8 Å².